The van der Waals surface area contributed by atoms with Gasteiger partial charge in [-0.3, -0.25) is 4.79 Å². The van der Waals surface area contributed by atoms with Crippen LogP contribution in [0.3, 0.4) is 0 Å². The van der Waals surface area contributed by atoms with Gasteiger partial charge in [-0.2, -0.15) is 0 Å². The van der Waals surface area contributed by atoms with Crippen molar-refractivity contribution in [1.82, 2.24) is 5.32 Å². The van der Waals surface area contributed by atoms with Gasteiger partial charge in [0, 0.05) is 4.47 Å². The maximum atomic E-state index is 11.6. The number of rotatable bonds is 4. The van der Waals surface area contributed by atoms with E-state index in [4.69, 9.17) is 5.11 Å². The van der Waals surface area contributed by atoms with Crippen LogP contribution in [0.25, 0.3) is 0 Å². The molecule has 1 amide bonds. The number of aliphatic carboxylic acids is 1. The molecule has 1 heterocycles. The number of thiophene rings is 1. The Hall–Kier alpha value is -0.880. The molecule has 0 aliphatic rings. The fourth-order valence-electron chi connectivity index (χ4n) is 1.02. The fraction of sp³-hybridized carbons (Fsp3) is 0.333. The molecule has 0 radical (unpaired) electrons. The second-order valence-corrected chi connectivity index (χ2v) is 4.64. The number of carboxylic acids is 1. The first-order valence-corrected chi connectivity index (χ1v) is 6.00. The van der Waals surface area contributed by atoms with Gasteiger partial charge in [-0.15, -0.1) is 11.3 Å². The lowest BCUT2D eigenvalue weighted by Crippen LogP contribution is -2.40. The molecular weight excluding hydrogens is 282 g/mol. The molecule has 0 fully saturated rings. The highest BCUT2D eigenvalue weighted by atomic mass is 79.9. The van der Waals surface area contributed by atoms with E-state index in [0.717, 1.165) is 0 Å². The van der Waals surface area contributed by atoms with E-state index in [1.54, 1.807) is 18.4 Å². The molecule has 0 aliphatic heterocycles. The van der Waals surface area contributed by atoms with Crippen LogP contribution in [0.2, 0.25) is 0 Å². The zero-order valence-electron chi connectivity index (χ0n) is 7.99. The third-order valence-corrected chi connectivity index (χ3v) is 3.67. The average Bonchev–Trinajstić information content (AvgIpc) is 2.60. The minimum Gasteiger partial charge on any atom is -0.480 e. The molecule has 0 spiro atoms. The van der Waals surface area contributed by atoms with Crippen molar-refractivity contribution in [2.24, 2.45) is 0 Å². The van der Waals surface area contributed by atoms with Crippen molar-refractivity contribution >= 4 is 39.1 Å². The molecule has 6 heteroatoms. The number of amides is 1. The van der Waals surface area contributed by atoms with Gasteiger partial charge in [0.25, 0.3) is 5.91 Å². The Morgan fingerprint density at radius 3 is 2.73 bits per heavy atom. The Kier molecular flexibility index (Phi) is 4.28. The molecule has 1 aromatic rings. The molecule has 2 N–H and O–H groups in total. The highest BCUT2D eigenvalue weighted by Crippen LogP contribution is 2.22. The molecule has 4 nitrogen and oxygen atoms in total. The van der Waals surface area contributed by atoms with Crippen LogP contribution in [0.1, 0.15) is 23.0 Å². The minimum atomic E-state index is -1.02. The van der Waals surface area contributed by atoms with Gasteiger partial charge in [0.05, 0.1) is 0 Å². The van der Waals surface area contributed by atoms with Gasteiger partial charge in [0.1, 0.15) is 10.9 Å². The molecule has 0 unspecified atom stereocenters. The lowest BCUT2D eigenvalue weighted by molar-refractivity contribution is -0.139. The third-order valence-electron chi connectivity index (χ3n) is 1.84. The maximum Gasteiger partial charge on any atom is 0.326 e. The Labute approximate surface area is 99.4 Å². The first kappa shape index (κ1) is 12.2. The third kappa shape index (κ3) is 3.04. The second kappa shape index (κ2) is 5.27. The van der Waals surface area contributed by atoms with Gasteiger partial charge in [-0.1, -0.05) is 6.92 Å². The van der Waals surface area contributed by atoms with Gasteiger partial charge in [0.15, 0.2) is 0 Å². The lowest BCUT2D eigenvalue weighted by Gasteiger charge is -2.11. The predicted molar refractivity (Wildman–Crippen MR) is 61.2 cm³/mol. The summed E-state index contributed by atoms with van der Waals surface area (Å²) in [7, 11) is 0. The summed E-state index contributed by atoms with van der Waals surface area (Å²) in [6, 6.07) is 0.924. The summed E-state index contributed by atoms with van der Waals surface area (Å²) in [4.78, 5) is 22.8. The van der Waals surface area contributed by atoms with Crippen molar-refractivity contribution in [2.75, 3.05) is 0 Å². The van der Waals surface area contributed by atoms with Crippen molar-refractivity contribution < 1.29 is 14.7 Å². The first-order valence-electron chi connectivity index (χ1n) is 4.33. The summed E-state index contributed by atoms with van der Waals surface area (Å²) in [5.41, 5.74) is 0. The summed E-state index contributed by atoms with van der Waals surface area (Å²) in [6.07, 6.45) is 0.365. The van der Waals surface area contributed by atoms with Gasteiger partial charge in [-0.05, 0) is 33.8 Å². The van der Waals surface area contributed by atoms with Crippen molar-refractivity contribution in [3.05, 3.63) is 20.8 Å². The van der Waals surface area contributed by atoms with E-state index in [-0.39, 0.29) is 5.91 Å². The lowest BCUT2D eigenvalue weighted by atomic mass is 10.2. The molecule has 0 saturated carbocycles. The number of carboxylic acid groups (broad SMARTS) is 1. The zero-order chi connectivity index (χ0) is 11.4. The Morgan fingerprint density at radius 1 is 1.67 bits per heavy atom. The fourth-order valence-corrected chi connectivity index (χ4v) is 2.47. The summed E-state index contributed by atoms with van der Waals surface area (Å²) >= 11 is 4.49. The smallest absolute Gasteiger partial charge is 0.326 e. The van der Waals surface area contributed by atoms with Gasteiger partial charge < -0.3 is 10.4 Å². The molecule has 15 heavy (non-hydrogen) atoms. The number of nitrogens with one attached hydrogen (secondary N) is 1. The molecule has 1 aromatic heterocycles. The van der Waals surface area contributed by atoms with E-state index < -0.39 is 12.0 Å². The number of hydrogen-bond donors (Lipinski definition) is 2. The minimum absolute atomic E-state index is 0.355. The van der Waals surface area contributed by atoms with Crippen LogP contribution >= 0.6 is 27.3 Å². The van der Waals surface area contributed by atoms with E-state index >= 15 is 0 Å². The van der Waals surface area contributed by atoms with Crippen molar-refractivity contribution in [1.29, 1.82) is 0 Å². The van der Waals surface area contributed by atoms with Crippen LogP contribution in [0.15, 0.2) is 15.9 Å². The van der Waals surface area contributed by atoms with Crippen LogP contribution in [0.4, 0.5) is 0 Å². The predicted octanol–water partition coefficient (Wildman–Crippen LogP) is 2.10. The van der Waals surface area contributed by atoms with E-state index in [0.29, 0.717) is 15.8 Å². The normalized spacial score (nSPS) is 12.1. The second-order valence-electron chi connectivity index (χ2n) is 2.87. The van der Waals surface area contributed by atoms with Crippen molar-refractivity contribution in [3.8, 4) is 0 Å². The molecule has 0 aromatic carbocycles. The molecule has 82 valence electrons. The van der Waals surface area contributed by atoms with Crippen LogP contribution in [0, 0.1) is 0 Å². The topological polar surface area (TPSA) is 66.4 Å². The molecular formula is C9H10BrNO3S. The average molecular weight is 292 g/mol. The largest absolute Gasteiger partial charge is 0.480 e. The highest BCUT2D eigenvalue weighted by molar-refractivity contribution is 9.10. The quantitative estimate of drug-likeness (QED) is 0.893. The maximum absolute atomic E-state index is 11.6. The Morgan fingerprint density at radius 2 is 2.33 bits per heavy atom. The first-order chi connectivity index (χ1) is 7.06. The number of hydrogen-bond acceptors (Lipinski definition) is 3. The summed E-state index contributed by atoms with van der Waals surface area (Å²) in [5, 5.41) is 13.0. The zero-order valence-corrected chi connectivity index (χ0v) is 10.4. The molecule has 0 bridgehead atoms. The Balaban J connectivity index is 2.71. The van der Waals surface area contributed by atoms with E-state index in [1.165, 1.54) is 11.3 Å². The van der Waals surface area contributed by atoms with Crippen LogP contribution in [-0.4, -0.2) is 23.0 Å². The molecule has 1 atom stereocenters. The molecule has 0 saturated heterocycles. The summed E-state index contributed by atoms with van der Waals surface area (Å²) in [6.45, 7) is 1.71. The molecule has 1 rings (SSSR count). The van der Waals surface area contributed by atoms with Gasteiger partial charge >= 0.3 is 5.97 Å². The van der Waals surface area contributed by atoms with Crippen molar-refractivity contribution in [2.45, 2.75) is 19.4 Å². The van der Waals surface area contributed by atoms with E-state index in [1.807, 2.05) is 0 Å². The van der Waals surface area contributed by atoms with E-state index in [2.05, 4.69) is 21.2 Å². The number of carbonyl (C=O) groups is 2. The van der Waals surface area contributed by atoms with E-state index in [9.17, 15) is 9.59 Å². The van der Waals surface area contributed by atoms with Gasteiger partial charge in [-0.25, -0.2) is 4.79 Å². The van der Waals surface area contributed by atoms with Crippen molar-refractivity contribution in [3.63, 3.8) is 0 Å². The Bertz CT molecular complexity index is 377. The summed E-state index contributed by atoms with van der Waals surface area (Å²) < 4.78 is 0.685. The van der Waals surface area contributed by atoms with Crippen LogP contribution in [-0.2, 0) is 4.79 Å². The van der Waals surface area contributed by atoms with Gasteiger partial charge in [0.2, 0.25) is 0 Å². The SMILES string of the molecule is CC[C@@H](NC(=O)c1sccc1Br)C(=O)O. The van der Waals surface area contributed by atoms with Crippen LogP contribution < -0.4 is 5.32 Å². The monoisotopic (exact) mass is 291 g/mol. The molecule has 0 aliphatic carbocycles. The number of carbonyl (C=O) groups excluding carboxylic acids is 1. The number of halogens is 1. The summed E-state index contributed by atoms with van der Waals surface area (Å²) in [5.74, 6) is -1.37. The van der Waals surface area contributed by atoms with Crippen LogP contribution in [0.5, 0.6) is 0 Å². The highest BCUT2D eigenvalue weighted by Gasteiger charge is 2.20. The standard InChI is InChI=1S/C9H10BrNO3S/c1-2-6(9(13)14)11-8(12)7-5(10)3-4-15-7/h3-4,6H,2H2,1H3,(H,11,12)(H,13,14)/t6-/m1/s1.